The molecule has 0 radical (unpaired) electrons. The first-order chi connectivity index (χ1) is 12.5. The quantitative estimate of drug-likeness (QED) is 0.457. The lowest BCUT2D eigenvalue weighted by molar-refractivity contribution is -0.137. The minimum absolute atomic E-state index is 0.208. The van der Waals surface area contributed by atoms with Crippen LogP contribution in [0.3, 0.4) is 0 Å². The van der Waals surface area contributed by atoms with Crippen molar-refractivity contribution in [3.63, 3.8) is 0 Å². The van der Waals surface area contributed by atoms with Gasteiger partial charge in [0.25, 0.3) is 0 Å². The van der Waals surface area contributed by atoms with Crippen LogP contribution in [0.15, 0.2) is 48.2 Å². The van der Waals surface area contributed by atoms with E-state index in [1.54, 1.807) is 38.1 Å². The smallest absolute Gasteiger partial charge is 0.313 e. The monoisotopic (exact) mass is 352 g/mol. The van der Waals surface area contributed by atoms with Crippen molar-refractivity contribution in [1.29, 1.82) is 0 Å². The molecule has 0 atom stereocenters. The number of ketones is 1. The third kappa shape index (κ3) is 3.61. The van der Waals surface area contributed by atoms with Crippen molar-refractivity contribution in [3.8, 4) is 17.2 Å². The fourth-order valence-electron chi connectivity index (χ4n) is 2.49. The Morgan fingerprint density at radius 3 is 2.69 bits per heavy atom. The third-order valence-corrected chi connectivity index (χ3v) is 3.84. The summed E-state index contributed by atoms with van der Waals surface area (Å²) in [6, 6.07) is 12.2. The van der Waals surface area contributed by atoms with E-state index < -0.39 is 0 Å². The van der Waals surface area contributed by atoms with Crippen LogP contribution >= 0.6 is 0 Å². The highest BCUT2D eigenvalue weighted by molar-refractivity contribution is 6.14. The molecule has 0 unspecified atom stereocenters. The van der Waals surface area contributed by atoms with E-state index >= 15 is 0 Å². The minimum Gasteiger partial charge on any atom is -0.493 e. The van der Waals surface area contributed by atoms with Crippen molar-refractivity contribution in [3.05, 3.63) is 59.4 Å². The lowest BCUT2D eigenvalue weighted by atomic mass is 10.1. The molecule has 0 amide bonds. The van der Waals surface area contributed by atoms with Gasteiger partial charge in [-0.15, -0.1) is 0 Å². The molecule has 1 heterocycles. The molecule has 134 valence electrons. The highest BCUT2D eigenvalue weighted by Gasteiger charge is 2.28. The van der Waals surface area contributed by atoms with Crippen molar-refractivity contribution in [1.82, 2.24) is 0 Å². The van der Waals surface area contributed by atoms with Gasteiger partial charge in [-0.1, -0.05) is 32.0 Å². The van der Waals surface area contributed by atoms with Gasteiger partial charge in [0.05, 0.1) is 18.1 Å². The Balaban J connectivity index is 1.87. The summed E-state index contributed by atoms with van der Waals surface area (Å²) in [7, 11) is 0. The highest BCUT2D eigenvalue weighted by Crippen LogP contribution is 2.35. The van der Waals surface area contributed by atoms with E-state index in [0.29, 0.717) is 29.4 Å². The zero-order valence-electron chi connectivity index (χ0n) is 14.9. The first kappa shape index (κ1) is 17.7. The average molecular weight is 352 g/mol. The molecule has 3 rings (SSSR count). The van der Waals surface area contributed by atoms with Gasteiger partial charge in [-0.2, -0.15) is 0 Å². The molecule has 0 bridgehead atoms. The van der Waals surface area contributed by atoms with Gasteiger partial charge in [-0.25, -0.2) is 0 Å². The first-order valence-corrected chi connectivity index (χ1v) is 8.51. The normalized spacial score (nSPS) is 14.3. The number of esters is 1. The summed E-state index contributed by atoms with van der Waals surface area (Å²) in [5.41, 5.74) is 1.20. The molecule has 0 saturated carbocycles. The maximum Gasteiger partial charge on any atom is 0.313 e. The summed E-state index contributed by atoms with van der Waals surface area (Å²) in [5, 5.41) is 0. The van der Waals surface area contributed by atoms with Crippen LogP contribution in [-0.4, -0.2) is 18.4 Å². The number of carbonyl (C=O) groups excluding carboxylic acids is 2. The maximum absolute atomic E-state index is 12.6. The zero-order chi connectivity index (χ0) is 18.7. The van der Waals surface area contributed by atoms with E-state index in [-0.39, 0.29) is 23.4 Å². The van der Waals surface area contributed by atoms with Crippen LogP contribution in [-0.2, 0) is 4.79 Å². The lowest BCUT2D eigenvalue weighted by Crippen LogP contribution is -2.14. The molecule has 0 spiro atoms. The molecule has 1 aliphatic heterocycles. The number of ether oxygens (including phenoxy) is 3. The highest BCUT2D eigenvalue weighted by atomic mass is 16.5. The summed E-state index contributed by atoms with van der Waals surface area (Å²) in [5.74, 6) is 0.830. The number of hydrogen-bond donors (Lipinski definition) is 0. The number of rotatable bonds is 5. The number of para-hydroxylation sites is 1. The molecule has 0 saturated heterocycles. The van der Waals surface area contributed by atoms with E-state index in [4.69, 9.17) is 14.2 Å². The van der Waals surface area contributed by atoms with Crippen LogP contribution in [0.4, 0.5) is 0 Å². The molecule has 5 nitrogen and oxygen atoms in total. The fourth-order valence-corrected chi connectivity index (χ4v) is 2.49. The first-order valence-electron chi connectivity index (χ1n) is 8.51. The lowest BCUT2D eigenvalue weighted by Gasteiger charge is -2.07. The third-order valence-electron chi connectivity index (χ3n) is 3.84. The number of fused-ring (bicyclic) bond motifs is 1. The number of allylic oxidation sites excluding steroid dienone is 1. The van der Waals surface area contributed by atoms with Crippen LogP contribution in [0.1, 0.15) is 36.7 Å². The second kappa shape index (κ2) is 7.44. The van der Waals surface area contributed by atoms with Crippen molar-refractivity contribution in [2.24, 2.45) is 5.92 Å². The molecule has 0 N–H and O–H groups in total. The van der Waals surface area contributed by atoms with Crippen LogP contribution in [0, 0.1) is 5.92 Å². The molecule has 26 heavy (non-hydrogen) atoms. The Bertz CT molecular complexity index is 880. The van der Waals surface area contributed by atoms with Crippen LogP contribution in [0.25, 0.3) is 6.08 Å². The predicted octanol–water partition coefficient (Wildman–Crippen LogP) is 4.26. The standard InChI is InChI=1S/C21H20O5/c1-4-24-17-8-6-5-7-14(17)11-19-20(22)16-10-9-15(12-18(16)26-19)25-21(23)13(2)3/h5-13H,4H2,1-3H3. The Morgan fingerprint density at radius 1 is 1.19 bits per heavy atom. The van der Waals surface area contributed by atoms with E-state index in [0.717, 1.165) is 5.56 Å². The predicted molar refractivity (Wildman–Crippen MR) is 97.5 cm³/mol. The van der Waals surface area contributed by atoms with Gasteiger partial charge in [0.1, 0.15) is 17.2 Å². The fraction of sp³-hybridized carbons (Fsp3) is 0.238. The van der Waals surface area contributed by atoms with Gasteiger partial charge in [0, 0.05) is 11.6 Å². The maximum atomic E-state index is 12.6. The van der Waals surface area contributed by atoms with Gasteiger partial charge in [-0.05, 0) is 31.2 Å². The number of hydrogen-bond acceptors (Lipinski definition) is 5. The topological polar surface area (TPSA) is 61.8 Å². The second-order valence-corrected chi connectivity index (χ2v) is 6.14. The van der Waals surface area contributed by atoms with Crippen LogP contribution < -0.4 is 14.2 Å². The van der Waals surface area contributed by atoms with Gasteiger partial charge in [0.15, 0.2) is 5.76 Å². The van der Waals surface area contributed by atoms with Crippen molar-refractivity contribution >= 4 is 17.8 Å². The Morgan fingerprint density at radius 2 is 1.96 bits per heavy atom. The van der Waals surface area contributed by atoms with Crippen LogP contribution in [0.2, 0.25) is 0 Å². The summed E-state index contributed by atoms with van der Waals surface area (Å²) in [4.78, 5) is 24.3. The summed E-state index contributed by atoms with van der Waals surface area (Å²) < 4.78 is 16.6. The van der Waals surface area contributed by atoms with E-state index in [1.807, 2.05) is 31.2 Å². The molecule has 0 aliphatic carbocycles. The minimum atomic E-state index is -0.337. The van der Waals surface area contributed by atoms with Crippen molar-refractivity contribution < 1.29 is 23.8 Å². The van der Waals surface area contributed by atoms with E-state index in [1.165, 1.54) is 0 Å². The van der Waals surface area contributed by atoms with Gasteiger partial charge in [0.2, 0.25) is 5.78 Å². The van der Waals surface area contributed by atoms with Gasteiger partial charge in [-0.3, -0.25) is 9.59 Å². The van der Waals surface area contributed by atoms with Crippen molar-refractivity contribution in [2.45, 2.75) is 20.8 Å². The Labute approximate surface area is 152 Å². The molecular formula is C21H20O5. The molecule has 1 aliphatic rings. The second-order valence-electron chi connectivity index (χ2n) is 6.14. The van der Waals surface area contributed by atoms with E-state index in [9.17, 15) is 9.59 Å². The average Bonchev–Trinajstić information content (AvgIpc) is 2.92. The number of Topliss-reactive ketones (excluding diaryl/α,β-unsaturated/α-hetero) is 1. The molecule has 0 fully saturated rings. The number of carbonyl (C=O) groups is 2. The molecule has 5 heteroatoms. The zero-order valence-corrected chi connectivity index (χ0v) is 14.9. The molecule has 0 aromatic heterocycles. The van der Waals surface area contributed by atoms with Gasteiger partial charge < -0.3 is 14.2 Å². The van der Waals surface area contributed by atoms with Crippen molar-refractivity contribution in [2.75, 3.05) is 6.61 Å². The summed E-state index contributed by atoms with van der Waals surface area (Å²) >= 11 is 0. The summed E-state index contributed by atoms with van der Waals surface area (Å²) in [6.45, 7) is 5.94. The molecule has 2 aromatic rings. The van der Waals surface area contributed by atoms with Crippen LogP contribution in [0.5, 0.6) is 17.2 Å². The largest absolute Gasteiger partial charge is 0.493 e. The Kier molecular flexibility index (Phi) is 5.07. The van der Waals surface area contributed by atoms with E-state index in [2.05, 4.69) is 0 Å². The SMILES string of the molecule is CCOc1ccccc1C=C1Oc2cc(OC(=O)C(C)C)ccc2C1=O. The molecule has 2 aromatic carbocycles. The molecular weight excluding hydrogens is 332 g/mol. The number of benzene rings is 2. The summed E-state index contributed by atoms with van der Waals surface area (Å²) in [6.07, 6.45) is 1.66. The Hall–Kier alpha value is -3.08. The van der Waals surface area contributed by atoms with Gasteiger partial charge >= 0.3 is 5.97 Å².